The summed E-state index contributed by atoms with van der Waals surface area (Å²) in [4.78, 5) is 0. The Bertz CT molecular complexity index is 159. The molecule has 0 aromatic rings. The molecular formula is C11H22O2. The quantitative estimate of drug-likeness (QED) is 0.528. The molecule has 0 aromatic heterocycles. The van der Waals surface area contributed by atoms with Crippen molar-refractivity contribution in [2.24, 2.45) is 11.8 Å². The molecule has 0 radical (unpaired) electrons. The minimum atomic E-state index is -0.645. The van der Waals surface area contributed by atoms with Crippen LogP contribution in [0.4, 0.5) is 0 Å². The van der Waals surface area contributed by atoms with E-state index >= 15 is 0 Å². The molecule has 0 aliphatic heterocycles. The van der Waals surface area contributed by atoms with Gasteiger partial charge in [-0.05, 0) is 18.4 Å². The van der Waals surface area contributed by atoms with Crippen molar-refractivity contribution in [2.45, 2.75) is 40.9 Å². The van der Waals surface area contributed by atoms with Crippen molar-refractivity contribution >= 4 is 0 Å². The van der Waals surface area contributed by atoms with Crippen LogP contribution in [0, 0.1) is 11.8 Å². The Balaban J connectivity index is 3.87. The molecule has 0 saturated carbocycles. The molecule has 0 aliphatic rings. The van der Waals surface area contributed by atoms with Gasteiger partial charge in [0.25, 0.3) is 0 Å². The van der Waals surface area contributed by atoms with E-state index in [0.717, 1.165) is 0 Å². The van der Waals surface area contributed by atoms with E-state index < -0.39 is 6.29 Å². The summed E-state index contributed by atoms with van der Waals surface area (Å²) in [6.07, 6.45) is 1.41. The Morgan fingerprint density at radius 2 is 1.85 bits per heavy atom. The predicted octanol–water partition coefficient (Wildman–Crippen LogP) is 2.58. The minimum Gasteiger partial charge on any atom is -0.368 e. The number of rotatable bonds is 5. The molecule has 0 spiro atoms. The highest BCUT2D eigenvalue weighted by Gasteiger charge is 2.10. The van der Waals surface area contributed by atoms with Crippen LogP contribution in [0.5, 0.6) is 0 Å². The van der Waals surface area contributed by atoms with Crippen LogP contribution in [-0.4, -0.2) is 18.0 Å². The number of aliphatic hydroxyl groups is 1. The molecule has 0 fully saturated rings. The fourth-order valence-electron chi connectivity index (χ4n) is 0.957. The zero-order valence-electron chi connectivity index (χ0n) is 9.37. The largest absolute Gasteiger partial charge is 0.368 e. The highest BCUT2D eigenvalue weighted by atomic mass is 16.6. The molecule has 1 N–H and O–H groups in total. The first-order chi connectivity index (χ1) is 5.99. The van der Waals surface area contributed by atoms with Crippen LogP contribution in [-0.2, 0) is 4.74 Å². The van der Waals surface area contributed by atoms with Crippen molar-refractivity contribution in [1.82, 2.24) is 0 Å². The van der Waals surface area contributed by atoms with E-state index in [1.807, 2.05) is 20.8 Å². The second-order valence-electron chi connectivity index (χ2n) is 3.96. The SMILES string of the molecule is C/C=C(\COC(O)C(C)C)C(C)C. The maximum absolute atomic E-state index is 9.40. The van der Waals surface area contributed by atoms with Gasteiger partial charge in [-0.25, -0.2) is 0 Å². The summed E-state index contributed by atoms with van der Waals surface area (Å²) in [5.74, 6) is 0.648. The Morgan fingerprint density at radius 3 is 2.15 bits per heavy atom. The summed E-state index contributed by atoms with van der Waals surface area (Å²) in [6.45, 7) is 10.7. The molecule has 0 bridgehead atoms. The Kier molecular flexibility index (Phi) is 6.00. The van der Waals surface area contributed by atoms with Crippen LogP contribution in [0.2, 0.25) is 0 Å². The third-order valence-corrected chi connectivity index (χ3v) is 2.10. The van der Waals surface area contributed by atoms with Gasteiger partial charge in [-0.15, -0.1) is 0 Å². The summed E-state index contributed by atoms with van der Waals surface area (Å²) in [5.41, 5.74) is 1.24. The molecule has 1 unspecified atom stereocenters. The normalized spacial score (nSPS) is 15.5. The minimum absolute atomic E-state index is 0.158. The topological polar surface area (TPSA) is 29.5 Å². The number of hydrogen-bond acceptors (Lipinski definition) is 2. The molecule has 1 atom stereocenters. The zero-order chi connectivity index (χ0) is 10.4. The van der Waals surface area contributed by atoms with Gasteiger partial charge in [0, 0.05) is 5.92 Å². The monoisotopic (exact) mass is 186 g/mol. The van der Waals surface area contributed by atoms with E-state index in [9.17, 15) is 5.11 Å². The highest BCUT2D eigenvalue weighted by molar-refractivity contribution is 5.03. The first-order valence-corrected chi connectivity index (χ1v) is 4.93. The lowest BCUT2D eigenvalue weighted by molar-refractivity contribution is -0.119. The zero-order valence-corrected chi connectivity index (χ0v) is 9.37. The van der Waals surface area contributed by atoms with Crippen LogP contribution in [0.1, 0.15) is 34.6 Å². The van der Waals surface area contributed by atoms with Gasteiger partial charge in [-0.1, -0.05) is 33.8 Å². The second kappa shape index (κ2) is 6.17. The molecule has 0 aromatic carbocycles. The molecule has 0 heterocycles. The van der Waals surface area contributed by atoms with E-state index in [-0.39, 0.29) is 5.92 Å². The Labute approximate surface area is 81.6 Å². The number of allylic oxidation sites excluding steroid dienone is 1. The van der Waals surface area contributed by atoms with Crippen LogP contribution in [0.3, 0.4) is 0 Å². The van der Waals surface area contributed by atoms with E-state index in [0.29, 0.717) is 12.5 Å². The molecule has 2 heteroatoms. The fraction of sp³-hybridized carbons (Fsp3) is 0.818. The van der Waals surface area contributed by atoms with Gasteiger partial charge in [-0.2, -0.15) is 0 Å². The van der Waals surface area contributed by atoms with Crippen molar-refractivity contribution in [3.05, 3.63) is 11.6 Å². The van der Waals surface area contributed by atoms with Crippen LogP contribution < -0.4 is 0 Å². The summed E-state index contributed by atoms with van der Waals surface area (Å²) < 4.78 is 5.30. The predicted molar refractivity (Wildman–Crippen MR) is 55.4 cm³/mol. The van der Waals surface area contributed by atoms with Crippen molar-refractivity contribution in [3.8, 4) is 0 Å². The molecule has 78 valence electrons. The molecule has 0 rings (SSSR count). The third kappa shape index (κ3) is 5.06. The molecular weight excluding hydrogens is 164 g/mol. The van der Waals surface area contributed by atoms with E-state index in [1.54, 1.807) is 0 Å². The lowest BCUT2D eigenvalue weighted by Crippen LogP contribution is -2.20. The number of ether oxygens (including phenoxy) is 1. The standard InChI is InChI=1S/C11H22O2/c1-6-10(8(2)3)7-13-11(12)9(4)5/h6,8-9,11-12H,7H2,1-5H3/b10-6+. The maximum atomic E-state index is 9.40. The van der Waals surface area contributed by atoms with Crippen LogP contribution >= 0.6 is 0 Å². The number of hydrogen-bond donors (Lipinski definition) is 1. The maximum Gasteiger partial charge on any atom is 0.157 e. The summed E-state index contributed by atoms with van der Waals surface area (Å²) in [7, 11) is 0. The summed E-state index contributed by atoms with van der Waals surface area (Å²) in [5, 5.41) is 9.40. The van der Waals surface area contributed by atoms with Crippen molar-refractivity contribution in [2.75, 3.05) is 6.61 Å². The average molecular weight is 186 g/mol. The second-order valence-corrected chi connectivity index (χ2v) is 3.96. The third-order valence-electron chi connectivity index (χ3n) is 2.10. The molecule has 0 aliphatic carbocycles. The van der Waals surface area contributed by atoms with Gasteiger partial charge in [0.15, 0.2) is 6.29 Å². The van der Waals surface area contributed by atoms with Gasteiger partial charge in [0.05, 0.1) is 6.61 Å². The summed E-state index contributed by atoms with van der Waals surface area (Å²) in [6, 6.07) is 0. The van der Waals surface area contributed by atoms with Gasteiger partial charge in [0.2, 0.25) is 0 Å². The molecule has 2 nitrogen and oxygen atoms in total. The van der Waals surface area contributed by atoms with Gasteiger partial charge < -0.3 is 9.84 Å². The van der Waals surface area contributed by atoms with Crippen molar-refractivity contribution in [1.29, 1.82) is 0 Å². The van der Waals surface area contributed by atoms with Crippen LogP contribution in [0.25, 0.3) is 0 Å². The molecule has 0 amide bonds. The smallest absolute Gasteiger partial charge is 0.157 e. The Hall–Kier alpha value is -0.340. The first kappa shape index (κ1) is 12.7. The average Bonchev–Trinajstić information content (AvgIpc) is 2.04. The Morgan fingerprint density at radius 1 is 1.31 bits per heavy atom. The van der Waals surface area contributed by atoms with E-state index in [4.69, 9.17) is 4.74 Å². The first-order valence-electron chi connectivity index (χ1n) is 4.93. The molecule has 0 saturated heterocycles. The van der Waals surface area contributed by atoms with Gasteiger partial charge in [0.1, 0.15) is 0 Å². The van der Waals surface area contributed by atoms with Crippen molar-refractivity contribution in [3.63, 3.8) is 0 Å². The van der Waals surface area contributed by atoms with Gasteiger partial charge in [-0.3, -0.25) is 0 Å². The van der Waals surface area contributed by atoms with E-state index in [1.165, 1.54) is 5.57 Å². The summed E-state index contributed by atoms with van der Waals surface area (Å²) >= 11 is 0. The van der Waals surface area contributed by atoms with Gasteiger partial charge >= 0.3 is 0 Å². The lowest BCUT2D eigenvalue weighted by atomic mass is 10.0. The fourth-order valence-corrected chi connectivity index (χ4v) is 0.957. The number of aliphatic hydroxyl groups excluding tert-OH is 1. The molecule has 13 heavy (non-hydrogen) atoms. The van der Waals surface area contributed by atoms with Crippen molar-refractivity contribution < 1.29 is 9.84 Å². The highest BCUT2D eigenvalue weighted by Crippen LogP contribution is 2.12. The van der Waals surface area contributed by atoms with Crippen LogP contribution in [0.15, 0.2) is 11.6 Å². The van der Waals surface area contributed by atoms with E-state index in [2.05, 4.69) is 19.9 Å². The lowest BCUT2D eigenvalue weighted by Gasteiger charge is -2.18.